The summed E-state index contributed by atoms with van der Waals surface area (Å²) in [6.45, 7) is 4.65. The Hall–Kier alpha value is -1.09. The van der Waals surface area contributed by atoms with Gasteiger partial charge in [0.15, 0.2) is 0 Å². The van der Waals surface area contributed by atoms with Gasteiger partial charge >= 0.3 is 0 Å². The first kappa shape index (κ1) is 13.3. The van der Waals surface area contributed by atoms with Crippen LogP contribution >= 0.6 is 0 Å². The van der Waals surface area contributed by atoms with Gasteiger partial charge in [0.25, 0.3) is 0 Å². The maximum Gasteiger partial charge on any atom is 0.141 e. The number of ether oxygens (including phenoxy) is 1. The molecule has 1 heterocycles. The number of nitrogens with two attached hydrogens (primary N) is 1. The van der Waals surface area contributed by atoms with Gasteiger partial charge in [-0.3, -0.25) is 4.98 Å². The molecule has 0 bridgehead atoms. The zero-order valence-electron chi connectivity index (χ0n) is 11.6. The van der Waals surface area contributed by atoms with Gasteiger partial charge in [-0.25, -0.2) is 0 Å². The monoisotopic (exact) mass is 248 g/mol. The van der Waals surface area contributed by atoms with E-state index in [9.17, 15) is 0 Å². The van der Waals surface area contributed by atoms with Gasteiger partial charge in [0.05, 0.1) is 18.8 Å². The van der Waals surface area contributed by atoms with E-state index in [4.69, 9.17) is 10.5 Å². The Morgan fingerprint density at radius 3 is 2.89 bits per heavy atom. The molecule has 0 radical (unpaired) electrons. The lowest BCUT2D eigenvalue weighted by Crippen LogP contribution is -2.36. The van der Waals surface area contributed by atoms with Gasteiger partial charge in [-0.15, -0.1) is 0 Å². The van der Waals surface area contributed by atoms with Crippen molar-refractivity contribution < 1.29 is 4.74 Å². The molecule has 1 aromatic heterocycles. The van der Waals surface area contributed by atoms with Crippen molar-refractivity contribution >= 4 is 0 Å². The summed E-state index contributed by atoms with van der Waals surface area (Å²) in [4.78, 5) is 4.44. The highest BCUT2D eigenvalue weighted by atomic mass is 16.5. The summed E-state index contributed by atoms with van der Waals surface area (Å²) in [5.74, 6) is 1.29. The molecule has 1 aliphatic rings. The molecule has 3 heteroatoms. The summed E-state index contributed by atoms with van der Waals surface area (Å²) in [6, 6.07) is 3.80. The van der Waals surface area contributed by atoms with Gasteiger partial charge in [-0.1, -0.05) is 26.7 Å². The van der Waals surface area contributed by atoms with E-state index in [0.717, 1.165) is 11.4 Å². The van der Waals surface area contributed by atoms with Crippen LogP contribution in [0.15, 0.2) is 18.3 Å². The smallest absolute Gasteiger partial charge is 0.141 e. The van der Waals surface area contributed by atoms with E-state index in [2.05, 4.69) is 18.8 Å². The highest BCUT2D eigenvalue weighted by Gasteiger charge is 2.37. The minimum atomic E-state index is -0.0311. The van der Waals surface area contributed by atoms with E-state index in [0.29, 0.717) is 11.3 Å². The summed E-state index contributed by atoms with van der Waals surface area (Å²) in [7, 11) is 1.68. The average Bonchev–Trinajstić information content (AvgIpc) is 2.37. The Morgan fingerprint density at radius 2 is 2.22 bits per heavy atom. The van der Waals surface area contributed by atoms with Crippen LogP contribution in [0, 0.1) is 11.3 Å². The highest BCUT2D eigenvalue weighted by molar-refractivity contribution is 5.30. The molecule has 2 rings (SSSR count). The molecule has 1 fully saturated rings. The normalized spacial score (nSPS) is 24.6. The standard InChI is InChI=1S/C15H24N2O/c1-15(2)9-5-4-7-11(15)13(16)14-12(18-3)8-6-10-17-14/h6,8,10-11,13H,4-5,7,9,16H2,1-3H3. The fourth-order valence-electron chi connectivity index (χ4n) is 3.20. The molecule has 2 unspecified atom stereocenters. The maximum atomic E-state index is 6.48. The van der Waals surface area contributed by atoms with Crippen molar-refractivity contribution in [3.8, 4) is 5.75 Å². The number of rotatable bonds is 3. The molecule has 1 aliphatic carbocycles. The lowest BCUT2D eigenvalue weighted by atomic mass is 9.65. The Bertz CT molecular complexity index is 403. The summed E-state index contributed by atoms with van der Waals surface area (Å²) in [5, 5.41) is 0. The van der Waals surface area contributed by atoms with E-state index in [-0.39, 0.29) is 6.04 Å². The van der Waals surface area contributed by atoms with Gasteiger partial charge in [-0.05, 0) is 36.3 Å². The van der Waals surface area contributed by atoms with Crippen molar-refractivity contribution in [2.24, 2.45) is 17.1 Å². The predicted molar refractivity (Wildman–Crippen MR) is 73.5 cm³/mol. The number of methoxy groups -OCH3 is 1. The van der Waals surface area contributed by atoms with Crippen LogP contribution in [0.3, 0.4) is 0 Å². The summed E-state index contributed by atoms with van der Waals surface area (Å²) in [5.41, 5.74) is 7.67. The molecule has 2 atom stereocenters. The van der Waals surface area contributed by atoms with Gasteiger partial charge in [-0.2, -0.15) is 0 Å². The molecular weight excluding hydrogens is 224 g/mol. The SMILES string of the molecule is COc1cccnc1C(N)C1CCCCC1(C)C. The third-order valence-corrected chi connectivity index (χ3v) is 4.36. The Kier molecular flexibility index (Phi) is 3.91. The summed E-state index contributed by atoms with van der Waals surface area (Å²) in [6.07, 6.45) is 6.83. The fourth-order valence-corrected chi connectivity index (χ4v) is 3.20. The van der Waals surface area contributed by atoms with E-state index < -0.39 is 0 Å². The van der Waals surface area contributed by atoms with Crippen LogP contribution in [0.2, 0.25) is 0 Å². The van der Waals surface area contributed by atoms with Crippen molar-refractivity contribution in [3.05, 3.63) is 24.0 Å². The first-order valence-electron chi connectivity index (χ1n) is 6.81. The van der Waals surface area contributed by atoms with Crippen molar-refractivity contribution in [2.45, 2.75) is 45.6 Å². The maximum absolute atomic E-state index is 6.48. The molecule has 0 saturated heterocycles. The topological polar surface area (TPSA) is 48.1 Å². The number of pyridine rings is 1. The first-order valence-corrected chi connectivity index (χ1v) is 6.81. The van der Waals surface area contributed by atoms with Crippen LogP contribution in [0.25, 0.3) is 0 Å². The molecule has 0 spiro atoms. The first-order chi connectivity index (χ1) is 8.56. The second-order valence-electron chi connectivity index (χ2n) is 5.96. The second-order valence-corrected chi connectivity index (χ2v) is 5.96. The molecule has 2 N–H and O–H groups in total. The van der Waals surface area contributed by atoms with Gasteiger partial charge in [0.2, 0.25) is 0 Å². The Labute approximate surface area is 110 Å². The minimum absolute atomic E-state index is 0.0311. The Balaban J connectivity index is 2.27. The minimum Gasteiger partial charge on any atom is -0.495 e. The third-order valence-electron chi connectivity index (χ3n) is 4.36. The van der Waals surface area contributed by atoms with Gasteiger partial charge in [0.1, 0.15) is 5.75 Å². The largest absolute Gasteiger partial charge is 0.495 e. The zero-order chi connectivity index (χ0) is 13.2. The molecule has 0 aromatic carbocycles. The van der Waals surface area contributed by atoms with E-state index in [1.165, 1.54) is 25.7 Å². The second kappa shape index (κ2) is 5.27. The van der Waals surface area contributed by atoms with Crippen molar-refractivity contribution in [2.75, 3.05) is 7.11 Å². The molecule has 3 nitrogen and oxygen atoms in total. The number of nitrogens with zero attached hydrogens (tertiary/aromatic N) is 1. The molecule has 1 saturated carbocycles. The van der Waals surface area contributed by atoms with Crippen LogP contribution in [0.5, 0.6) is 5.75 Å². The van der Waals surface area contributed by atoms with Crippen LogP contribution < -0.4 is 10.5 Å². The lowest BCUT2D eigenvalue weighted by Gasteiger charge is -2.41. The molecule has 18 heavy (non-hydrogen) atoms. The van der Waals surface area contributed by atoms with Gasteiger partial charge in [0, 0.05) is 6.20 Å². The van der Waals surface area contributed by atoms with Crippen LogP contribution in [0.4, 0.5) is 0 Å². The quantitative estimate of drug-likeness (QED) is 0.892. The Morgan fingerprint density at radius 1 is 1.44 bits per heavy atom. The van der Waals surface area contributed by atoms with Crippen molar-refractivity contribution in [3.63, 3.8) is 0 Å². The number of aromatic nitrogens is 1. The summed E-state index contributed by atoms with van der Waals surface area (Å²) >= 11 is 0. The van der Waals surface area contributed by atoms with Gasteiger partial charge < -0.3 is 10.5 Å². The third kappa shape index (κ3) is 2.51. The van der Waals surface area contributed by atoms with Crippen LogP contribution in [-0.4, -0.2) is 12.1 Å². The average molecular weight is 248 g/mol. The van der Waals surface area contributed by atoms with E-state index in [1.807, 2.05) is 12.1 Å². The van der Waals surface area contributed by atoms with Crippen LogP contribution in [0.1, 0.15) is 51.3 Å². The molecular formula is C15H24N2O. The fraction of sp³-hybridized carbons (Fsp3) is 0.667. The summed E-state index contributed by atoms with van der Waals surface area (Å²) < 4.78 is 5.38. The number of hydrogen-bond acceptors (Lipinski definition) is 3. The molecule has 0 aliphatic heterocycles. The number of hydrogen-bond donors (Lipinski definition) is 1. The van der Waals surface area contributed by atoms with E-state index >= 15 is 0 Å². The predicted octanol–water partition coefficient (Wildman–Crippen LogP) is 3.31. The van der Waals surface area contributed by atoms with Crippen molar-refractivity contribution in [1.29, 1.82) is 0 Å². The zero-order valence-corrected chi connectivity index (χ0v) is 11.6. The van der Waals surface area contributed by atoms with Crippen LogP contribution in [-0.2, 0) is 0 Å². The molecule has 0 amide bonds. The highest BCUT2D eigenvalue weighted by Crippen LogP contribution is 2.46. The molecule has 100 valence electrons. The lowest BCUT2D eigenvalue weighted by molar-refractivity contribution is 0.110. The van der Waals surface area contributed by atoms with Crippen molar-refractivity contribution in [1.82, 2.24) is 4.98 Å². The van der Waals surface area contributed by atoms with E-state index in [1.54, 1.807) is 13.3 Å². The molecule has 1 aromatic rings.